The number of nitrogens with one attached hydrogen (secondary N) is 2. The first kappa shape index (κ1) is 18.0. The monoisotopic (exact) mass is 342 g/mol. The van der Waals surface area contributed by atoms with Crippen molar-refractivity contribution in [2.24, 2.45) is 0 Å². The zero-order valence-electron chi connectivity index (χ0n) is 13.3. The summed E-state index contributed by atoms with van der Waals surface area (Å²) >= 11 is 6.01. The van der Waals surface area contributed by atoms with Gasteiger partial charge < -0.3 is 24.8 Å². The Balaban J connectivity index is 1.91. The molecule has 1 saturated heterocycles. The molecule has 1 aliphatic rings. The van der Waals surface area contributed by atoms with Gasteiger partial charge in [0.2, 0.25) is 5.91 Å². The maximum atomic E-state index is 12.2. The standard InChI is InChI=1S/C16H23ClN2O4/c1-2-21-7-8-23-15-4-3-12(17)9-14(15)19-16(20)10-13-11-22-6-5-18-13/h3-4,9,13,18H,2,5-8,10-11H2,1H3,(H,19,20). The van der Waals surface area contributed by atoms with Gasteiger partial charge in [0.05, 0.1) is 25.5 Å². The second-order valence-corrected chi connectivity index (χ2v) is 5.60. The summed E-state index contributed by atoms with van der Waals surface area (Å²) < 4.78 is 16.2. The third-order valence-corrected chi connectivity index (χ3v) is 3.57. The molecular weight excluding hydrogens is 320 g/mol. The number of benzene rings is 1. The van der Waals surface area contributed by atoms with Crippen molar-refractivity contribution in [2.75, 3.05) is 44.9 Å². The number of carbonyl (C=O) groups excluding carboxylic acids is 1. The largest absolute Gasteiger partial charge is 0.489 e. The summed E-state index contributed by atoms with van der Waals surface area (Å²) in [4.78, 5) is 12.2. The zero-order chi connectivity index (χ0) is 16.5. The molecule has 7 heteroatoms. The second kappa shape index (κ2) is 9.72. The molecular formula is C16H23ClN2O4. The fourth-order valence-electron chi connectivity index (χ4n) is 2.26. The van der Waals surface area contributed by atoms with E-state index in [0.717, 1.165) is 6.54 Å². The molecule has 1 aliphatic heterocycles. The molecule has 2 rings (SSSR count). The van der Waals surface area contributed by atoms with Crippen molar-refractivity contribution >= 4 is 23.2 Å². The molecule has 0 bridgehead atoms. The first-order valence-corrected chi connectivity index (χ1v) is 8.18. The Kier molecular flexibility index (Phi) is 7.61. The lowest BCUT2D eigenvalue weighted by atomic mass is 10.2. The molecule has 0 saturated carbocycles. The molecule has 2 N–H and O–H groups in total. The lowest BCUT2D eigenvalue weighted by Crippen LogP contribution is -2.43. The van der Waals surface area contributed by atoms with Crippen LogP contribution < -0.4 is 15.4 Å². The second-order valence-electron chi connectivity index (χ2n) is 5.16. The number of amides is 1. The first-order chi connectivity index (χ1) is 11.2. The van der Waals surface area contributed by atoms with Gasteiger partial charge >= 0.3 is 0 Å². The van der Waals surface area contributed by atoms with Crippen LogP contribution in [0.1, 0.15) is 13.3 Å². The number of hydrogen-bond acceptors (Lipinski definition) is 5. The molecule has 6 nitrogen and oxygen atoms in total. The molecule has 1 amide bonds. The van der Waals surface area contributed by atoms with Crippen LogP contribution in [0.5, 0.6) is 5.75 Å². The van der Waals surface area contributed by atoms with Crippen molar-refractivity contribution in [3.8, 4) is 5.75 Å². The Morgan fingerprint density at radius 2 is 2.35 bits per heavy atom. The van der Waals surface area contributed by atoms with E-state index in [1.54, 1.807) is 18.2 Å². The van der Waals surface area contributed by atoms with Crippen LogP contribution in [0.15, 0.2) is 18.2 Å². The van der Waals surface area contributed by atoms with E-state index in [4.69, 9.17) is 25.8 Å². The predicted octanol–water partition coefficient (Wildman–Crippen LogP) is 2.07. The molecule has 1 heterocycles. The normalized spacial score (nSPS) is 17.7. The van der Waals surface area contributed by atoms with Crippen molar-refractivity contribution in [1.82, 2.24) is 5.32 Å². The van der Waals surface area contributed by atoms with Gasteiger partial charge in [-0.25, -0.2) is 0 Å². The molecule has 1 unspecified atom stereocenters. The lowest BCUT2D eigenvalue weighted by molar-refractivity contribution is -0.117. The van der Waals surface area contributed by atoms with Crippen molar-refractivity contribution in [3.05, 3.63) is 23.2 Å². The highest BCUT2D eigenvalue weighted by Gasteiger charge is 2.18. The molecule has 1 atom stereocenters. The average Bonchev–Trinajstić information content (AvgIpc) is 2.54. The van der Waals surface area contributed by atoms with Gasteiger partial charge in [-0.1, -0.05) is 11.6 Å². The van der Waals surface area contributed by atoms with Crippen LogP contribution in [0.25, 0.3) is 0 Å². The van der Waals surface area contributed by atoms with Crippen LogP contribution in [0.3, 0.4) is 0 Å². The van der Waals surface area contributed by atoms with Crippen LogP contribution >= 0.6 is 11.6 Å². The summed E-state index contributed by atoms with van der Waals surface area (Å²) in [6.07, 6.45) is 0.338. The summed E-state index contributed by atoms with van der Waals surface area (Å²) in [6, 6.07) is 5.18. The summed E-state index contributed by atoms with van der Waals surface area (Å²) in [6.45, 7) is 5.47. The molecule has 0 aromatic heterocycles. The van der Waals surface area contributed by atoms with Gasteiger partial charge in [-0.05, 0) is 25.1 Å². The Morgan fingerprint density at radius 1 is 1.48 bits per heavy atom. The van der Waals surface area contributed by atoms with E-state index < -0.39 is 0 Å². The average molecular weight is 343 g/mol. The molecule has 0 aliphatic carbocycles. The highest BCUT2D eigenvalue weighted by atomic mass is 35.5. The third-order valence-electron chi connectivity index (χ3n) is 3.34. The summed E-state index contributed by atoms with van der Waals surface area (Å²) in [5, 5.41) is 6.64. The van der Waals surface area contributed by atoms with Gasteiger partial charge in [-0.2, -0.15) is 0 Å². The number of hydrogen-bond donors (Lipinski definition) is 2. The van der Waals surface area contributed by atoms with E-state index >= 15 is 0 Å². The number of halogens is 1. The van der Waals surface area contributed by atoms with Crippen molar-refractivity contribution in [2.45, 2.75) is 19.4 Å². The Morgan fingerprint density at radius 3 is 3.09 bits per heavy atom. The van der Waals surface area contributed by atoms with E-state index in [2.05, 4.69) is 10.6 Å². The lowest BCUT2D eigenvalue weighted by Gasteiger charge is -2.23. The summed E-state index contributed by atoms with van der Waals surface area (Å²) in [5.41, 5.74) is 0.565. The molecule has 23 heavy (non-hydrogen) atoms. The van der Waals surface area contributed by atoms with Gasteiger partial charge in [-0.15, -0.1) is 0 Å². The molecule has 1 fully saturated rings. The number of anilines is 1. The topological polar surface area (TPSA) is 68.8 Å². The summed E-state index contributed by atoms with van der Waals surface area (Å²) in [7, 11) is 0. The van der Waals surface area contributed by atoms with Crippen LogP contribution in [0, 0.1) is 0 Å². The predicted molar refractivity (Wildman–Crippen MR) is 89.3 cm³/mol. The highest BCUT2D eigenvalue weighted by molar-refractivity contribution is 6.31. The van der Waals surface area contributed by atoms with Crippen LogP contribution in [0.2, 0.25) is 5.02 Å². The van der Waals surface area contributed by atoms with E-state index in [-0.39, 0.29) is 11.9 Å². The smallest absolute Gasteiger partial charge is 0.226 e. The molecule has 0 spiro atoms. The molecule has 1 aromatic carbocycles. The summed E-state index contributed by atoms with van der Waals surface area (Å²) in [5.74, 6) is 0.472. The number of ether oxygens (including phenoxy) is 3. The maximum Gasteiger partial charge on any atom is 0.226 e. The Hall–Kier alpha value is -1.34. The molecule has 1 aromatic rings. The van der Waals surface area contributed by atoms with Gasteiger partial charge in [0.25, 0.3) is 0 Å². The van der Waals surface area contributed by atoms with Crippen LogP contribution in [-0.2, 0) is 14.3 Å². The minimum absolute atomic E-state index is 0.0326. The van der Waals surface area contributed by atoms with E-state index in [1.165, 1.54) is 0 Å². The van der Waals surface area contributed by atoms with Crippen molar-refractivity contribution < 1.29 is 19.0 Å². The minimum Gasteiger partial charge on any atom is -0.489 e. The molecule has 0 radical (unpaired) electrons. The SMILES string of the molecule is CCOCCOc1ccc(Cl)cc1NC(=O)CC1COCCN1. The molecule has 128 valence electrons. The Bertz CT molecular complexity index is 507. The van der Waals surface area contributed by atoms with Gasteiger partial charge in [0.1, 0.15) is 12.4 Å². The van der Waals surface area contributed by atoms with Gasteiger partial charge in [0, 0.05) is 30.6 Å². The number of carbonyl (C=O) groups is 1. The van der Waals surface area contributed by atoms with E-state index in [0.29, 0.717) is 55.9 Å². The minimum atomic E-state index is -0.107. The van der Waals surface area contributed by atoms with Crippen LogP contribution in [-0.4, -0.2) is 51.5 Å². The maximum absolute atomic E-state index is 12.2. The fraction of sp³-hybridized carbons (Fsp3) is 0.562. The van der Waals surface area contributed by atoms with Crippen molar-refractivity contribution in [3.63, 3.8) is 0 Å². The fourth-order valence-corrected chi connectivity index (χ4v) is 2.43. The quantitative estimate of drug-likeness (QED) is 0.708. The zero-order valence-corrected chi connectivity index (χ0v) is 14.0. The van der Waals surface area contributed by atoms with Crippen molar-refractivity contribution in [1.29, 1.82) is 0 Å². The first-order valence-electron chi connectivity index (χ1n) is 7.80. The van der Waals surface area contributed by atoms with E-state index in [9.17, 15) is 4.79 Å². The number of morpholine rings is 1. The highest BCUT2D eigenvalue weighted by Crippen LogP contribution is 2.28. The third kappa shape index (κ3) is 6.35. The van der Waals surface area contributed by atoms with Crippen LogP contribution in [0.4, 0.5) is 5.69 Å². The Labute approximate surface area is 141 Å². The van der Waals surface area contributed by atoms with E-state index in [1.807, 2.05) is 6.92 Å². The van der Waals surface area contributed by atoms with Gasteiger partial charge in [0.15, 0.2) is 0 Å². The van der Waals surface area contributed by atoms with Gasteiger partial charge in [-0.3, -0.25) is 4.79 Å². The number of rotatable bonds is 8.